The van der Waals surface area contributed by atoms with Gasteiger partial charge >= 0.3 is 4.87 Å². The van der Waals surface area contributed by atoms with E-state index in [4.69, 9.17) is 0 Å². The highest BCUT2D eigenvalue weighted by atomic mass is 32.2. The molecule has 3 aromatic rings. The van der Waals surface area contributed by atoms with Crippen molar-refractivity contribution < 1.29 is 13.2 Å². The number of carbonyl (C=O) groups excluding carboxylic acids is 1. The molecule has 0 saturated carbocycles. The molecule has 0 fully saturated rings. The second-order valence-corrected chi connectivity index (χ2v) is 10.1. The van der Waals surface area contributed by atoms with Gasteiger partial charge in [0.15, 0.2) is 0 Å². The second-order valence-electron chi connectivity index (χ2n) is 7.29. The number of nitrogens with one attached hydrogen (secondary N) is 1. The Hall–Kier alpha value is -2.65. The number of aryl methyl sites for hydroxylation is 3. The molecular weight excluding hydrogens is 422 g/mol. The summed E-state index contributed by atoms with van der Waals surface area (Å²) in [5, 5.41) is 2.78. The van der Waals surface area contributed by atoms with E-state index in [1.54, 1.807) is 41.8 Å². The molecule has 0 saturated heterocycles. The van der Waals surface area contributed by atoms with Crippen LogP contribution in [0.4, 0.5) is 11.4 Å². The van der Waals surface area contributed by atoms with Gasteiger partial charge in [0.2, 0.25) is 15.9 Å². The average Bonchev–Trinajstić information content (AvgIpc) is 2.97. The predicted octanol–water partition coefficient (Wildman–Crippen LogP) is 3.49. The van der Waals surface area contributed by atoms with Crippen molar-refractivity contribution in [3.63, 3.8) is 0 Å². The molecule has 0 aliphatic carbocycles. The van der Waals surface area contributed by atoms with E-state index in [1.807, 2.05) is 26.8 Å². The van der Waals surface area contributed by atoms with Crippen LogP contribution >= 0.6 is 11.3 Å². The van der Waals surface area contributed by atoms with Crippen LogP contribution in [-0.2, 0) is 21.4 Å². The number of amides is 1. The molecule has 1 unspecified atom stereocenters. The first-order chi connectivity index (χ1) is 14.0. The largest absolute Gasteiger partial charge is 0.324 e. The zero-order valence-corrected chi connectivity index (χ0v) is 19.2. The first kappa shape index (κ1) is 22.0. The molecule has 2 aromatic carbocycles. The van der Waals surface area contributed by atoms with E-state index < -0.39 is 22.0 Å². The van der Waals surface area contributed by atoms with E-state index in [0.29, 0.717) is 17.9 Å². The smallest absolute Gasteiger partial charge is 0.308 e. The molecule has 0 bridgehead atoms. The monoisotopic (exact) mass is 447 g/mol. The average molecular weight is 448 g/mol. The van der Waals surface area contributed by atoms with Gasteiger partial charge < -0.3 is 5.32 Å². The Morgan fingerprint density at radius 2 is 1.87 bits per heavy atom. The van der Waals surface area contributed by atoms with Gasteiger partial charge in [-0.2, -0.15) is 0 Å². The standard InChI is InChI=1S/C21H25N3O4S2/c1-6-23-18-10-8-16(12-19(18)29-21(23)26)22-20(25)15(4)24(30(5,27)28)17-9-7-13(2)14(3)11-17/h7-12,15H,6H2,1-5H3,(H,22,25). The molecule has 1 heterocycles. The summed E-state index contributed by atoms with van der Waals surface area (Å²) in [7, 11) is -3.69. The third-order valence-electron chi connectivity index (χ3n) is 5.09. The minimum Gasteiger partial charge on any atom is -0.324 e. The van der Waals surface area contributed by atoms with Gasteiger partial charge in [0.05, 0.1) is 22.2 Å². The number of carbonyl (C=O) groups is 1. The van der Waals surface area contributed by atoms with Gasteiger partial charge in [0, 0.05) is 12.2 Å². The molecule has 1 amide bonds. The van der Waals surface area contributed by atoms with Crippen LogP contribution in [0.15, 0.2) is 41.2 Å². The fraction of sp³-hybridized carbons (Fsp3) is 0.333. The van der Waals surface area contributed by atoms with Crippen molar-refractivity contribution in [2.45, 2.75) is 40.3 Å². The molecule has 3 rings (SSSR count). The van der Waals surface area contributed by atoms with Gasteiger partial charge in [0.1, 0.15) is 6.04 Å². The molecule has 7 nitrogen and oxygen atoms in total. The SMILES string of the molecule is CCn1c(=O)sc2cc(NC(=O)C(C)N(c3ccc(C)c(C)c3)S(C)(=O)=O)ccc21. The highest BCUT2D eigenvalue weighted by molar-refractivity contribution is 7.92. The zero-order valence-electron chi connectivity index (χ0n) is 17.6. The number of hydrogen-bond acceptors (Lipinski definition) is 5. The molecule has 0 radical (unpaired) electrons. The molecule has 0 aliphatic heterocycles. The maximum atomic E-state index is 12.9. The van der Waals surface area contributed by atoms with Crippen LogP contribution in [0.25, 0.3) is 10.2 Å². The van der Waals surface area contributed by atoms with Gasteiger partial charge in [-0.15, -0.1) is 0 Å². The fourth-order valence-corrected chi connectivity index (χ4v) is 5.52. The minimum absolute atomic E-state index is 0.0534. The van der Waals surface area contributed by atoms with Gasteiger partial charge in [-0.25, -0.2) is 8.42 Å². The quantitative estimate of drug-likeness (QED) is 0.626. The maximum absolute atomic E-state index is 12.9. The minimum atomic E-state index is -3.69. The highest BCUT2D eigenvalue weighted by Crippen LogP contribution is 2.25. The lowest BCUT2D eigenvalue weighted by atomic mass is 10.1. The van der Waals surface area contributed by atoms with Crippen LogP contribution in [0.2, 0.25) is 0 Å². The maximum Gasteiger partial charge on any atom is 0.308 e. The molecule has 1 aromatic heterocycles. The lowest BCUT2D eigenvalue weighted by Gasteiger charge is -2.28. The molecule has 0 spiro atoms. The molecule has 1 atom stereocenters. The van der Waals surface area contributed by atoms with Crippen LogP contribution < -0.4 is 14.5 Å². The number of hydrogen-bond donors (Lipinski definition) is 1. The Morgan fingerprint density at radius 3 is 2.47 bits per heavy atom. The third kappa shape index (κ3) is 4.27. The number of sulfonamides is 1. The van der Waals surface area contributed by atoms with Gasteiger partial charge in [0.25, 0.3) is 0 Å². The van der Waals surface area contributed by atoms with Crippen LogP contribution in [0.3, 0.4) is 0 Å². The fourth-order valence-electron chi connectivity index (χ4n) is 3.36. The Kier molecular flexibility index (Phi) is 6.05. The van der Waals surface area contributed by atoms with E-state index in [9.17, 15) is 18.0 Å². The summed E-state index contributed by atoms with van der Waals surface area (Å²) in [5.41, 5.74) is 3.74. The first-order valence-corrected chi connectivity index (χ1v) is 12.2. The van der Waals surface area contributed by atoms with Gasteiger partial charge in [-0.05, 0) is 69.2 Å². The van der Waals surface area contributed by atoms with E-state index in [0.717, 1.165) is 43.2 Å². The van der Waals surface area contributed by atoms with Crippen LogP contribution in [-0.4, -0.2) is 31.2 Å². The van der Waals surface area contributed by atoms with Crippen molar-refractivity contribution in [3.8, 4) is 0 Å². The van der Waals surface area contributed by atoms with E-state index in [2.05, 4.69) is 5.32 Å². The van der Waals surface area contributed by atoms with Crippen molar-refractivity contribution in [2.24, 2.45) is 0 Å². The number of rotatable bonds is 6. The lowest BCUT2D eigenvalue weighted by Crippen LogP contribution is -2.45. The van der Waals surface area contributed by atoms with Crippen molar-refractivity contribution in [3.05, 3.63) is 57.2 Å². The number of aromatic nitrogens is 1. The molecule has 160 valence electrons. The number of anilines is 2. The predicted molar refractivity (Wildman–Crippen MR) is 123 cm³/mol. The van der Waals surface area contributed by atoms with Crippen LogP contribution in [0, 0.1) is 13.8 Å². The van der Waals surface area contributed by atoms with Crippen molar-refractivity contribution >= 4 is 48.9 Å². The molecular formula is C21H25N3O4S2. The second kappa shape index (κ2) is 8.23. The van der Waals surface area contributed by atoms with E-state index in [-0.39, 0.29) is 4.87 Å². The van der Waals surface area contributed by atoms with Gasteiger partial charge in [-0.1, -0.05) is 17.4 Å². The summed E-state index contributed by atoms with van der Waals surface area (Å²) in [6, 6.07) is 9.57. The normalized spacial score (nSPS) is 12.7. The Balaban J connectivity index is 1.91. The molecule has 0 aliphatic rings. The summed E-state index contributed by atoms with van der Waals surface area (Å²) < 4.78 is 28.5. The summed E-state index contributed by atoms with van der Waals surface area (Å²) in [5.74, 6) is -0.458. The molecule has 1 N–H and O–H groups in total. The number of thiazole rings is 1. The first-order valence-electron chi connectivity index (χ1n) is 9.54. The topological polar surface area (TPSA) is 88.5 Å². The Bertz CT molecular complexity index is 1280. The number of benzene rings is 2. The summed E-state index contributed by atoms with van der Waals surface area (Å²) >= 11 is 1.11. The Morgan fingerprint density at radius 1 is 1.17 bits per heavy atom. The van der Waals surface area contributed by atoms with Crippen LogP contribution in [0.5, 0.6) is 0 Å². The summed E-state index contributed by atoms with van der Waals surface area (Å²) in [6.45, 7) is 7.86. The van der Waals surface area contributed by atoms with E-state index >= 15 is 0 Å². The number of nitrogens with zero attached hydrogens (tertiary/aromatic N) is 2. The molecule has 30 heavy (non-hydrogen) atoms. The van der Waals surface area contributed by atoms with Crippen molar-refractivity contribution in [1.29, 1.82) is 0 Å². The van der Waals surface area contributed by atoms with Crippen molar-refractivity contribution in [2.75, 3.05) is 15.9 Å². The van der Waals surface area contributed by atoms with E-state index in [1.165, 1.54) is 0 Å². The van der Waals surface area contributed by atoms with Gasteiger partial charge in [-0.3, -0.25) is 18.5 Å². The van der Waals surface area contributed by atoms with Crippen molar-refractivity contribution in [1.82, 2.24) is 4.57 Å². The molecule has 9 heteroatoms. The highest BCUT2D eigenvalue weighted by Gasteiger charge is 2.29. The number of fused-ring (bicyclic) bond motifs is 1. The lowest BCUT2D eigenvalue weighted by molar-refractivity contribution is -0.116. The summed E-state index contributed by atoms with van der Waals surface area (Å²) in [6.07, 6.45) is 1.09. The zero-order chi connectivity index (χ0) is 22.2. The summed E-state index contributed by atoms with van der Waals surface area (Å²) in [4.78, 5) is 24.9. The third-order valence-corrected chi connectivity index (χ3v) is 7.27. The van der Waals surface area contributed by atoms with Crippen LogP contribution in [0.1, 0.15) is 25.0 Å². The Labute approximate surface area is 180 Å².